The highest BCUT2D eigenvalue weighted by Gasteiger charge is 2.37. The van der Waals surface area contributed by atoms with Crippen molar-refractivity contribution < 1.29 is 14.4 Å². The summed E-state index contributed by atoms with van der Waals surface area (Å²) < 4.78 is 1.89. The standard InChI is InChI=1S/C26H20Br2N2O3/c1-15-7-8-16(2)23(11-15)30-25(32)20(24(31)29-26(30)33)12-17-9-10-19(22(28)13-17)14-18-5-3-4-6-21(18)27/h3-13H,14H2,1-2H3,(H,29,31,33)/b20-12+. The highest BCUT2D eigenvalue weighted by molar-refractivity contribution is 9.10. The number of benzene rings is 3. The number of halogens is 2. The highest BCUT2D eigenvalue weighted by atomic mass is 79.9. The lowest BCUT2D eigenvalue weighted by atomic mass is 10.0. The van der Waals surface area contributed by atoms with Crippen molar-refractivity contribution in [2.24, 2.45) is 0 Å². The Labute approximate surface area is 208 Å². The number of nitrogens with zero attached hydrogens (tertiary/aromatic N) is 1. The van der Waals surface area contributed by atoms with Crippen LogP contribution in [0.2, 0.25) is 0 Å². The molecule has 7 heteroatoms. The molecule has 0 spiro atoms. The van der Waals surface area contributed by atoms with Crippen molar-refractivity contribution in [1.82, 2.24) is 5.32 Å². The number of barbiturate groups is 1. The summed E-state index contributed by atoms with van der Waals surface area (Å²) in [7, 11) is 0. The van der Waals surface area contributed by atoms with Gasteiger partial charge in [-0.25, -0.2) is 9.69 Å². The molecule has 166 valence electrons. The number of aryl methyl sites for hydroxylation is 2. The Hall–Kier alpha value is -3.03. The number of imide groups is 2. The Morgan fingerprint density at radius 3 is 2.33 bits per heavy atom. The van der Waals surface area contributed by atoms with E-state index >= 15 is 0 Å². The van der Waals surface area contributed by atoms with Crippen LogP contribution >= 0.6 is 31.9 Å². The monoisotopic (exact) mass is 566 g/mol. The van der Waals surface area contributed by atoms with E-state index in [4.69, 9.17) is 0 Å². The second-order valence-electron chi connectivity index (χ2n) is 7.87. The van der Waals surface area contributed by atoms with Gasteiger partial charge in [-0.05, 0) is 72.4 Å². The van der Waals surface area contributed by atoms with Gasteiger partial charge in [0.15, 0.2) is 0 Å². The summed E-state index contributed by atoms with van der Waals surface area (Å²) in [5.41, 5.74) is 4.91. The van der Waals surface area contributed by atoms with Crippen molar-refractivity contribution in [3.8, 4) is 0 Å². The summed E-state index contributed by atoms with van der Waals surface area (Å²) in [4.78, 5) is 39.2. The molecule has 33 heavy (non-hydrogen) atoms. The van der Waals surface area contributed by atoms with Gasteiger partial charge in [0.05, 0.1) is 5.69 Å². The predicted molar refractivity (Wildman–Crippen MR) is 136 cm³/mol. The normalized spacial score (nSPS) is 15.2. The smallest absolute Gasteiger partial charge is 0.273 e. The molecule has 5 nitrogen and oxygen atoms in total. The average molecular weight is 568 g/mol. The Morgan fingerprint density at radius 1 is 0.879 bits per heavy atom. The van der Waals surface area contributed by atoms with Crippen LogP contribution in [-0.2, 0) is 16.0 Å². The third-order valence-electron chi connectivity index (χ3n) is 5.43. The summed E-state index contributed by atoms with van der Waals surface area (Å²) in [6, 6.07) is 18.4. The number of rotatable bonds is 4. The van der Waals surface area contributed by atoms with E-state index in [1.807, 2.05) is 62.4 Å². The SMILES string of the molecule is Cc1ccc(C)c(N2C(=O)NC(=O)/C(=C\c3ccc(Cc4ccccc4Br)c(Br)c3)C2=O)c1. The van der Waals surface area contributed by atoms with Crippen LogP contribution in [0.5, 0.6) is 0 Å². The molecule has 3 aromatic rings. The minimum atomic E-state index is -0.749. The van der Waals surface area contributed by atoms with Crippen molar-refractivity contribution >= 4 is 61.5 Å². The number of hydrogen-bond acceptors (Lipinski definition) is 3. The molecule has 1 N–H and O–H groups in total. The Morgan fingerprint density at radius 2 is 1.61 bits per heavy atom. The van der Waals surface area contributed by atoms with Gasteiger partial charge in [0.25, 0.3) is 11.8 Å². The maximum absolute atomic E-state index is 13.2. The maximum atomic E-state index is 13.2. The highest BCUT2D eigenvalue weighted by Crippen LogP contribution is 2.28. The molecule has 1 fully saturated rings. The van der Waals surface area contributed by atoms with Gasteiger partial charge in [0.2, 0.25) is 0 Å². The summed E-state index contributed by atoms with van der Waals surface area (Å²) in [6.07, 6.45) is 2.22. The molecule has 0 aromatic heterocycles. The van der Waals surface area contributed by atoms with Gasteiger partial charge in [-0.1, -0.05) is 74.3 Å². The molecule has 0 aliphatic carbocycles. The Kier molecular flexibility index (Phi) is 6.63. The zero-order valence-electron chi connectivity index (χ0n) is 18.0. The molecule has 0 saturated carbocycles. The zero-order chi connectivity index (χ0) is 23.7. The van der Waals surface area contributed by atoms with Gasteiger partial charge in [0.1, 0.15) is 5.57 Å². The Bertz CT molecular complexity index is 1330. The van der Waals surface area contributed by atoms with Gasteiger partial charge < -0.3 is 0 Å². The lowest BCUT2D eigenvalue weighted by Crippen LogP contribution is -2.54. The lowest BCUT2D eigenvalue weighted by Gasteiger charge is -2.27. The van der Waals surface area contributed by atoms with Crippen molar-refractivity contribution in [3.05, 3.63) is 103 Å². The predicted octanol–water partition coefficient (Wildman–Crippen LogP) is 6.09. The Balaban J connectivity index is 1.66. The van der Waals surface area contributed by atoms with E-state index in [0.29, 0.717) is 17.7 Å². The number of hydrogen-bond donors (Lipinski definition) is 1. The van der Waals surface area contributed by atoms with Crippen molar-refractivity contribution in [2.45, 2.75) is 20.3 Å². The second-order valence-corrected chi connectivity index (χ2v) is 9.58. The summed E-state index contributed by atoms with van der Waals surface area (Å²) in [5.74, 6) is -1.36. The van der Waals surface area contributed by atoms with Crippen LogP contribution in [0.4, 0.5) is 10.5 Å². The van der Waals surface area contributed by atoms with Gasteiger partial charge in [-0.2, -0.15) is 0 Å². The van der Waals surface area contributed by atoms with Crippen LogP contribution in [0.1, 0.15) is 27.8 Å². The van der Waals surface area contributed by atoms with Crippen LogP contribution in [0, 0.1) is 13.8 Å². The van der Waals surface area contributed by atoms with E-state index in [2.05, 4.69) is 43.2 Å². The van der Waals surface area contributed by atoms with E-state index in [1.54, 1.807) is 6.07 Å². The molecule has 4 amide bonds. The minimum Gasteiger partial charge on any atom is -0.273 e. The van der Waals surface area contributed by atoms with Gasteiger partial charge in [0, 0.05) is 8.95 Å². The van der Waals surface area contributed by atoms with E-state index in [1.165, 1.54) is 6.08 Å². The number of anilines is 1. The van der Waals surface area contributed by atoms with Crippen LogP contribution in [0.25, 0.3) is 6.08 Å². The largest absolute Gasteiger partial charge is 0.335 e. The quantitative estimate of drug-likeness (QED) is 0.306. The molecule has 1 heterocycles. The van der Waals surface area contributed by atoms with Crippen molar-refractivity contribution in [3.63, 3.8) is 0 Å². The molecule has 0 unspecified atom stereocenters. The first-order chi connectivity index (χ1) is 15.7. The maximum Gasteiger partial charge on any atom is 0.335 e. The molecular weight excluding hydrogens is 548 g/mol. The van der Waals surface area contributed by atoms with Crippen LogP contribution in [-0.4, -0.2) is 17.8 Å². The topological polar surface area (TPSA) is 66.5 Å². The molecule has 0 radical (unpaired) electrons. The van der Waals surface area contributed by atoms with Gasteiger partial charge in [-0.15, -0.1) is 0 Å². The lowest BCUT2D eigenvalue weighted by molar-refractivity contribution is -0.122. The van der Waals surface area contributed by atoms with E-state index in [-0.39, 0.29) is 5.57 Å². The fourth-order valence-electron chi connectivity index (χ4n) is 3.65. The third-order valence-corrected chi connectivity index (χ3v) is 6.95. The third kappa shape index (κ3) is 4.84. The number of carbonyl (C=O) groups is 3. The summed E-state index contributed by atoms with van der Waals surface area (Å²) >= 11 is 7.18. The van der Waals surface area contributed by atoms with Crippen molar-refractivity contribution in [2.75, 3.05) is 4.90 Å². The van der Waals surface area contributed by atoms with Crippen molar-refractivity contribution in [1.29, 1.82) is 0 Å². The molecule has 1 aliphatic rings. The first-order valence-electron chi connectivity index (χ1n) is 10.2. The molecular formula is C26H20Br2N2O3. The average Bonchev–Trinajstić information content (AvgIpc) is 2.76. The molecule has 0 bridgehead atoms. The number of carbonyl (C=O) groups excluding carboxylic acids is 3. The molecule has 3 aromatic carbocycles. The number of nitrogens with one attached hydrogen (secondary N) is 1. The molecule has 0 atom stereocenters. The summed E-state index contributed by atoms with van der Waals surface area (Å²) in [5, 5.41) is 2.28. The number of urea groups is 1. The molecule has 1 saturated heterocycles. The first kappa shape index (κ1) is 23.1. The van der Waals surface area contributed by atoms with Gasteiger partial charge >= 0.3 is 6.03 Å². The van der Waals surface area contributed by atoms with Crippen LogP contribution in [0.15, 0.2) is 75.2 Å². The first-order valence-corrected chi connectivity index (χ1v) is 11.8. The van der Waals surface area contributed by atoms with E-state index in [0.717, 1.165) is 36.1 Å². The van der Waals surface area contributed by atoms with Crippen LogP contribution < -0.4 is 10.2 Å². The van der Waals surface area contributed by atoms with E-state index in [9.17, 15) is 14.4 Å². The second kappa shape index (κ2) is 9.45. The number of amides is 4. The van der Waals surface area contributed by atoms with Crippen LogP contribution in [0.3, 0.4) is 0 Å². The fourth-order valence-corrected chi connectivity index (χ4v) is 4.61. The van der Waals surface area contributed by atoms with E-state index < -0.39 is 17.8 Å². The molecule has 4 rings (SSSR count). The van der Waals surface area contributed by atoms with Gasteiger partial charge in [-0.3, -0.25) is 14.9 Å². The fraction of sp³-hybridized carbons (Fsp3) is 0.115. The zero-order valence-corrected chi connectivity index (χ0v) is 21.2. The minimum absolute atomic E-state index is 0.0963. The molecule has 1 aliphatic heterocycles. The summed E-state index contributed by atoms with van der Waals surface area (Å²) in [6.45, 7) is 3.69.